The SMILES string of the molecule is CC(CNCc1cccc2[nH]ccc12)N(C)C1CC1. The van der Waals surface area contributed by atoms with Gasteiger partial charge in [0, 0.05) is 42.3 Å². The first-order chi connectivity index (χ1) is 9.25. The molecule has 1 atom stereocenters. The zero-order valence-corrected chi connectivity index (χ0v) is 11.8. The van der Waals surface area contributed by atoms with Gasteiger partial charge in [0.2, 0.25) is 0 Å². The molecule has 1 aliphatic carbocycles. The van der Waals surface area contributed by atoms with Gasteiger partial charge in [-0.15, -0.1) is 0 Å². The van der Waals surface area contributed by atoms with Crippen LogP contribution in [0.4, 0.5) is 0 Å². The molecule has 0 aliphatic heterocycles. The summed E-state index contributed by atoms with van der Waals surface area (Å²) in [4.78, 5) is 5.77. The van der Waals surface area contributed by atoms with Crippen LogP contribution in [-0.2, 0) is 6.54 Å². The molecule has 1 fully saturated rings. The molecule has 3 heteroatoms. The van der Waals surface area contributed by atoms with Crippen LogP contribution in [-0.4, -0.2) is 35.6 Å². The Morgan fingerprint density at radius 3 is 3.00 bits per heavy atom. The Kier molecular flexibility index (Phi) is 3.58. The van der Waals surface area contributed by atoms with Crippen molar-refractivity contribution in [2.45, 2.75) is 38.4 Å². The molecule has 1 aromatic carbocycles. The van der Waals surface area contributed by atoms with Gasteiger partial charge in [0.15, 0.2) is 0 Å². The van der Waals surface area contributed by atoms with Gasteiger partial charge in [-0.25, -0.2) is 0 Å². The minimum absolute atomic E-state index is 0.609. The van der Waals surface area contributed by atoms with E-state index in [1.54, 1.807) is 0 Å². The maximum Gasteiger partial charge on any atom is 0.0457 e. The topological polar surface area (TPSA) is 31.1 Å². The summed E-state index contributed by atoms with van der Waals surface area (Å²) < 4.78 is 0. The monoisotopic (exact) mass is 257 g/mol. The number of fused-ring (bicyclic) bond motifs is 1. The number of aromatic nitrogens is 1. The summed E-state index contributed by atoms with van der Waals surface area (Å²) in [6.45, 7) is 4.30. The fourth-order valence-corrected chi connectivity index (χ4v) is 2.71. The number of benzene rings is 1. The second-order valence-corrected chi connectivity index (χ2v) is 5.73. The van der Waals surface area contributed by atoms with E-state index in [2.05, 4.69) is 53.4 Å². The van der Waals surface area contributed by atoms with Crippen LogP contribution in [0.2, 0.25) is 0 Å². The molecular formula is C16H23N3. The first kappa shape index (κ1) is 12.7. The second-order valence-electron chi connectivity index (χ2n) is 5.73. The van der Waals surface area contributed by atoms with Crippen LogP contribution in [0.25, 0.3) is 10.9 Å². The van der Waals surface area contributed by atoms with Crippen molar-refractivity contribution in [1.82, 2.24) is 15.2 Å². The Hall–Kier alpha value is -1.32. The molecule has 1 saturated carbocycles. The van der Waals surface area contributed by atoms with Gasteiger partial charge in [0.1, 0.15) is 0 Å². The molecular weight excluding hydrogens is 234 g/mol. The van der Waals surface area contributed by atoms with Crippen LogP contribution in [0.15, 0.2) is 30.5 Å². The number of rotatable bonds is 6. The molecule has 1 unspecified atom stereocenters. The molecule has 1 aromatic heterocycles. The Morgan fingerprint density at radius 2 is 2.21 bits per heavy atom. The third-order valence-electron chi connectivity index (χ3n) is 4.26. The molecule has 0 amide bonds. The van der Waals surface area contributed by atoms with Gasteiger partial charge in [-0.1, -0.05) is 12.1 Å². The fraction of sp³-hybridized carbons (Fsp3) is 0.500. The largest absolute Gasteiger partial charge is 0.361 e. The van der Waals surface area contributed by atoms with Gasteiger partial charge < -0.3 is 10.3 Å². The summed E-state index contributed by atoms with van der Waals surface area (Å²) in [5.41, 5.74) is 2.60. The van der Waals surface area contributed by atoms with Gasteiger partial charge in [0.25, 0.3) is 0 Å². The van der Waals surface area contributed by atoms with Crippen LogP contribution in [0.1, 0.15) is 25.3 Å². The Morgan fingerprint density at radius 1 is 1.37 bits per heavy atom. The lowest BCUT2D eigenvalue weighted by molar-refractivity contribution is 0.241. The lowest BCUT2D eigenvalue weighted by Gasteiger charge is -2.24. The van der Waals surface area contributed by atoms with Gasteiger partial charge in [0.05, 0.1) is 0 Å². The number of H-pyrrole nitrogens is 1. The van der Waals surface area contributed by atoms with Crippen LogP contribution < -0.4 is 5.32 Å². The molecule has 19 heavy (non-hydrogen) atoms. The fourth-order valence-electron chi connectivity index (χ4n) is 2.71. The van der Waals surface area contributed by atoms with Crippen molar-refractivity contribution in [3.63, 3.8) is 0 Å². The predicted molar refractivity (Wildman–Crippen MR) is 80.3 cm³/mol. The number of aromatic amines is 1. The average Bonchev–Trinajstić information content (AvgIpc) is 3.15. The van der Waals surface area contributed by atoms with Crippen molar-refractivity contribution in [1.29, 1.82) is 0 Å². The van der Waals surface area contributed by atoms with E-state index in [1.807, 2.05) is 6.20 Å². The quantitative estimate of drug-likeness (QED) is 0.833. The highest BCUT2D eigenvalue weighted by molar-refractivity contribution is 5.82. The van der Waals surface area contributed by atoms with E-state index in [4.69, 9.17) is 0 Å². The van der Waals surface area contributed by atoms with Crippen molar-refractivity contribution < 1.29 is 0 Å². The molecule has 3 nitrogen and oxygen atoms in total. The molecule has 0 radical (unpaired) electrons. The van der Waals surface area contributed by atoms with Gasteiger partial charge in [-0.05, 0) is 44.5 Å². The standard InChI is InChI=1S/C16H23N3/c1-12(19(2)14-6-7-14)10-17-11-13-4-3-5-16-15(13)8-9-18-16/h3-5,8-9,12,14,17-18H,6-7,10-11H2,1-2H3. The van der Waals surface area contributed by atoms with Crippen LogP contribution >= 0.6 is 0 Å². The van der Waals surface area contributed by atoms with Crippen LogP contribution in [0.3, 0.4) is 0 Å². The normalized spacial score (nSPS) is 17.2. The molecule has 1 heterocycles. The Labute approximate surface area is 115 Å². The number of likely N-dealkylation sites (N-methyl/N-ethyl adjacent to an activating group) is 1. The molecule has 0 spiro atoms. The lowest BCUT2D eigenvalue weighted by atomic mass is 10.1. The van der Waals surface area contributed by atoms with Crippen molar-refractivity contribution in [2.75, 3.05) is 13.6 Å². The van der Waals surface area contributed by atoms with E-state index < -0.39 is 0 Å². The maximum absolute atomic E-state index is 3.59. The second kappa shape index (κ2) is 5.35. The zero-order chi connectivity index (χ0) is 13.2. The summed E-state index contributed by atoms with van der Waals surface area (Å²) in [7, 11) is 2.25. The number of nitrogens with one attached hydrogen (secondary N) is 2. The molecule has 1 aliphatic rings. The third kappa shape index (κ3) is 2.82. The summed E-state index contributed by atoms with van der Waals surface area (Å²) in [5.74, 6) is 0. The summed E-state index contributed by atoms with van der Waals surface area (Å²) in [6.07, 6.45) is 4.77. The van der Waals surface area contributed by atoms with Crippen molar-refractivity contribution in [3.8, 4) is 0 Å². The van der Waals surface area contributed by atoms with E-state index in [9.17, 15) is 0 Å². The maximum atomic E-state index is 3.59. The molecule has 0 bridgehead atoms. The van der Waals surface area contributed by atoms with Crippen molar-refractivity contribution in [3.05, 3.63) is 36.0 Å². The minimum atomic E-state index is 0.609. The Balaban J connectivity index is 1.55. The summed E-state index contributed by atoms with van der Waals surface area (Å²) in [5, 5.41) is 4.92. The van der Waals surface area contributed by atoms with E-state index in [-0.39, 0.29) is 0 Å². The Bertz CT molecular complexity index is 542. The van der Waals surface area contributed by atoms with Gasteiger partial charge in [-0.2, -0.15) is 0 Å². The number of hydrogen-bond acceptors (Lipinski definition) is 2. The van der Waals surface area contributed by atoms with E-state index in [0.29, 0.717) is 6.04 Å². The third-order valence-corrected chi connectivity index (χ3v) is 4.26. The van der Waals surface area contributed by atoms with E-state index >= 15 is 0 Å². The van der Waals surface area contributed by atoms with Crippen LogP contribution in [0.5, 0.6) is 0 Å². The molecule has 3 rings (SSSR count). The molecule has 0 saturated heterocycles. The first-order valence-corrected chi connectivity index (χ1v) is 7.23. The summed E-state index contributed by atoms with van der Waals surface area (Å²) >= 11 is 0. The van der Waals surface area contributed by atoms with E-state index in [1.165, 1.54) is 29.3 Å². The van der Waals surface area contributed by atoms with Crippen molar-refractivity contribution in [2.24, 2.45) is 0 Å². The van der Waals surface area contributed by atoms with Gasteiger partial charge in [-0.3, -0.25) is 4.90 Å². The highest BCUT2D eigenvalue weighted by Crippen LogP contribution is 2.26. The number of nitrogens with zero attached hydrogens (tertiary/aromatic N) is 1. The molecule has 2 N–H and O–H groups in total. The highest BCUT2D eigenvalue weighted by Gasteiger charge is 2.28. The highest BCUT2D eigenvalue weighted by atomic mass is 15.2. The zero-order valence-electron chi connectivity index (χ0n) is 11.8. The average molecular weight is 257 g/mol. The smallest absolute Gasteiger partial charge is 0.0457 e. The van der Waals surface area contributed by atoms with Crippen LogP contribution in [0, 0.1) is 0 Å². The minimum Gasteiger partial charge on any atom is -0.361 e. The molecule has 2 aromatic rings. The molecule has 102 valence electrons. The lowest BCUT2D eigenvalue weighted by Crippen LogP contribution is -2.38. The summed E-state index contributed by atoms with van der Waals surface area (Å²) in [6, 6.07) is 10.1. The van der Waals surface area contributed by atoms with E-state index in [0.717, 1.165) is 19.1 Å². The first-order valence-electron chi connectivity index (χ1n) is 7.23. The predicted octanol–water partition coefficient (Wildman–Crippen LogP) is 2.74. The van der Waals surface area contributed by atoms with Gasteiger partial charge >= 0.3 is 0 Å². The van der Waals surface area contributed by atoms with Crippen molar-refractivity contribution >= 4 is 10.9 Å². The number of hydrogen-bond donors (Lipinski definition) is 2.